The first-order valence-corrected chi connectivity index (χ1v) is 10.9. The Balaban J connectivity index is 1.17. The molecule has 158 valence electrons. The molecule has 2 amide bonds. The normalized spacial score (nSPS) is 22.1. The van der Waals surface area contributed by atoms with E-state index >= 15 is 0 Å². The summed E-state index contributed by atoms with van der Waals surface area (Å²) < 4.78 is 1.90. The molecule has 1 aromatic carbocycles. The zero-order valence-electron chi connectivity index (χ0n) is 17.2. The van der Waals surface area contributed by atoms with Gasteiger partial charge in [-0.05, 0) is 55.9 Å². The number of aromatic amines is 1. The van der Waals surface area contributed by atoms with Crippen LogP contribution < -0.4 is 0 Å². The van der Waals surface area contributed by atoms with E-state index in [1.54, 1.807) is 12.5 Å². The molecule has 8 nitrogen and oxygen atoms in total. The Labute approximate surface area is 179 Å². The van der Waals surface area contributed by atoms with Crippen LogP contribution in [0.25, 0.3) is 5.69 Å². The number of carbonyl (C=O) groups is 2. The van der Waals surface area contributed by atoms with E-state index in [-0.39, 0.29) is 11.8 Å². The molecule has 1 saturated heterocycles. The number of aromatic nitrogens is 4. The summed E-state index contributed by atoms with van der Waals surface area (Å²) in [6.07, 6.45) is 9.47. The minimum absolute atomic E-state index is 0.0119. The van der Waals surface area contributed by atoms with Crippen LogP contribution in [0.2, 0.25) is 0 Å². The molecule has 0 spiro atoms. The average molecular weight is 416 g/mol. The van der Waals surface area contributed by atoms with E-state index < -0.39 is 0 Å². The second-order valence-corrected chi connectivity index (χ2v) is 8.81. The van der Waals surface area contributed by atoms with E-state index in [2.05, 4.69) is 15.2 Å². The molecule has 1 saturated carbocycles. The van der Waals surface area contributed by atoms with Crippen molar-refractivity contribution in [1.82, 2.24) is 29.5 Å². The van der Waals surface area contributed by atoms with Gasteiger partial charge in [-0.3, -0.25) is 14.7 Å². The van der Waals surface area contributed by atoms with Crippen LogP contribution in [0.4, 0.5) is 0 Å². The van der Waals surface area contributed by atoms with Crippen LogP contribution in [0.15, 0.2) is 43.0 Å². The minimum atomic E-state index is -0.0119. The van der Waals surface area contributed by atoms with Crippen LogP contribution in [0.1, 0.15) is 51.4 Å². The highest BCUT2D eigenvalue weighted by atomic mass is 16.2. The van der Waals surface area contributed by atoms with Gasteiger partial charge in [0, 0.05) is 48.3 Å². The molecule has 0 radical (unpaired) electrons. The Hall–Kier alpha value is -3.42. The van der Waals surface area contributed by atoms with Crippen LogP contribution in [0, 0.1) is 5.92 Å². The number of nitrogens with one attached hydrogen (secondary N) is 1. The molecular formula is C23H24N6O2. The van der Waals surface area contributed by atoms with Crippen LogP contribution in [-0.4, -0.2) is 60.5 Å². The molecule has 1 N–H and O–H groups in total. The fourth-order valence-electron chi connectivity index (χ4n) is 5.35. The predicted octanol–water partition coefficient (Wildman–Crippen LogP) is 2.42. The van der Waals surface area contributed by atoms with Gasteiger partial charge >= 0.3 is 0 Å². The lowest BCUT2D eigenvalue weighted by Gasteiger charge is -2.29. The molecule has 1 aliphatic carbocycles. The Morgan fingerprint density at radius 3 is 2.68 bits per heavy atom. The largest absolute Gasteiger partial charge is 0.334 e. The van der Waals surface area contributed by atoms with E-state index in [1.165, 1.54) is 6.42 Å². The van der Waals surface area contributed by atoms with Gasteiger partial charge in [-0.2, -0.15) is 5.10 Å². The van der Waals surface area contributed by atoms with Crippen LogP contribution >= 0.6 is 0 Å². The highest BCUT2D eigenvalue weighted by molar-refractivity contribution is 5.96. The van der Waals surface area contributed by atoms with Crippen LogP contribution in [0.5, 0.6) is 0 Å². The van der Waals surface area contributed by atoms with Crippen molar-refractivity contribution in [3.05, 3.63) is 65.5 Å². The number of nitrogens with zero attached hydrogens (tertiary/aromatic N) is 5. The van der Waals surface area contributed by atoms with E-state index in [0.717, 1.165) is 36.3 Å². The summed E-state index contributed by atoms with van der Waals surface area (Å²) in [7, 11) is 0. The lowest BCUT2D eigenvalue weighted by molar-refractivity contribution is 0.0696. The van der Waals surface area contributed by atoms with Gasteiger partial charge in [0.1, 0.15) is 0 Å². The Bertz CT molecular complexity index is 1130. The Morgan fingerprint density at radius 1 is 1.10 bits per heavy atom. The average Bonchev–Trinajstić information content (AvgIpc) is 3.61. The highest BCUT2D eigenvalue weighted by Gasteiger charge is 2.42. The Kier molecular flexibility index (Phi) is 4.19. The molecule has 31 heavy (non-hydrogen) atoms. The molecule has 6 rings (SSSR count). The molecule has 2 bridgehead atoms. The molecule has 0 unspecified atom stereocenters. The number of amides is 2. The lowest BCUT2D eigenvalue weighted by Crippen LogP contribution is -2.39. The van der Waals surface area contributed by atoms with Gasteiger partial charge in [-0.1, -0.05) is 0 Å². The van der Waals surface area contributed by atoms with Crippen molar-refractivity contribution in [3.8, 4) is 5.69 Å². The highest BCUT2D eigenvalue weighted by Crippen LogP contribution is 2.38. The predicted molar refractivity (Wildman–Crippen MR) is 113 cm³/mol. The number of piperidine rings is 1. The number of carbonyl (C=O) groups excluding carboxylic acids is 2. The van der Waals surface area contributed by atoms with E-state index in [9.17, 15) is 9.59 Å². The van der Waals surface area contributed by atoms with Crippen LogP contribution in [0.3, 0.4) is 0 Å². The summed E-state index contributed by atoms with van der Waals surface area (Å²) in [5, 5.41) is 7.41. The number of benzene rings is 1. The number of H-pyrrole nitrogens is 1. The first-order valence-electron chi connectivity index (χ1n) is 10.9. The minimum Gasteiger partial charge on any atom is -0.334 e. The van der Waals surface area contributed by atoms with E-state index in [0.29, 0.717) is 42.7 Å². The smallest absolute Gasteiger partial charge is 0.274 e. The molecule has 2 atom stereocenters. The summed E-state index contributed by atoms with van der Waals surface area (Å²) in [6, 6.07) is 7.91. The third-order valence-corrected chi connectivity index (χ3v) is 7.01. The third kappa shape index (κ3) is 3.05. The van der Waals surface area contributed by atoms with Crippen molar-refractivity contribution in [2.45, 2.75) is 38.3 Å². The van der Waals surface area contributed by atoms with Crippen molar-refractivity contribution in [1.29, 1.82) is 0 Å². The van der Waals surface area contributed by atoms with Gasteiger partial charge in [0.2, 0.25) is 0 Å². The monoisotopic (exact) mass is 416 g/mol. The zero-order chi connectivity index (χ0) is 20.9. The van der Waals surface area contributed by atoms with Gasteiger partial charge in [-0.25, -0.2) is 4.98 Å². The topological polar surface area (TPSA) is 87.1 Å². The summed E-state index contributed by atoms with van der Waals surface area (Å²) in [5.41, 5.74) is 4.02. The maximum Gasteiger partial charge on any atom is 0.274 e. The van der Waals surface area contributed by atoms with Crippen LogP contribution in [-0.2, 0) is 13.0 Å². The number of likely N-dealkylation sites (tertiary alicyclic amines) is 1. The fourth-order valence-corrected chi connectivity index (χ4v) is 5.35. The summed E-state index contributed by atoms with van der Waals surface area (Å²) in [5.74, 6) is 0.707. The molecule has 2 aliphatic heterocycles. The van der Waals surface area contributed by atoms with Crippen molar-refractivity contribution in [2.24, 2.45) is 5.92 Å². The summed E-state index contributed by atoms with van der Waals surface area (Å²) in [4.78, 5) is 34.0. The summed E-state index contributed by atoms with van der Waals surface area (Å²) >= 11 is 0. The van der Waals surface area contributed by atoms with Crippen molar-refractivity contribution < 1.29 is 9.59 Å². The first kappa shape index (κ1) is 18.4. The molecule has 2 aromatic heterocycles. The number of rotatable bonds is 3. The van der Waals surface area contributed by atoms with Gasteiger partial charge in [0.15, 0.2) is 5.69 Å². The quantitative estimate of drug-likeness (QED) is 0.710. The van der Waals surface area contributed by atoms with Crippen molar-refractivity contribution in [3.63, 3.8) is 0 Å². The molecule has 3 aliphatic rings. The SMILES string of the molecule is O=C(c1ccc(-n2ccnc2)cc1)N1CCc2c(C(=O)N3C[C@H]4CC[C@H]3C4)n[nH]c2C1. The summed E-state index contributed by atoms with van der Waals surface area (Å²) in [6.45, 7) is 1.90. The number of hydrogen-bond donors (Lipinski definition) is 1. The van der Waals surface area contributed by atoms with Gasteiger partial charge < -0.3 is 14.4 Å². The maximum absolute atomic E-state index is 13.1. The number of fused-ring (bicyclic) bond motifs is 3. The Morgan fingerprint density at radius 2 is 1.97 bits per heavy atom. The van der Waals surface area contributed by atoms with Gasteiger partial charge in [-0.15, -0.1) is 0 Å². The molecule has 4 heterocycles. The van der Waals surface area contributed by atoms with Crippen molar-refractivity contribution in [2.75, 3.05) is 13.1 Å². The van der Waals surface area contributed by atoms with E-state index in [1.807, 2.05) is 44.8 Å². The van der Waals surface area contributed by atoms with Crippen molar-refractivity contribution >= 4 is 11.8 Å². The first-order chi connectivity index (χ1) is 15.2. The lowest BCUT2D eigenvalue weighted by atomic mass is 10.0. The maximum atomic E-state index is 13.1. The molecule has 8 heteroatoms. The zero-order valence-corrected chi connectivity index (χ0v) is 17.2. The fraction of sp³-hybridized carbons (Fsp3) is 0.391. The third-order valence-electron chi connectivity index (χ3n) is 7.01. The second kappa shape index (κ2) is 7.08. The number of hydrogen-bond acceptors (Lipinski definition) is 4. The second-order valence-electron chi connectivity index (χ2n) is 8.81. The molecule has 2 fully saturated rings. The van der Waals surface area contributed by atoms with Gasteiger partial charge in [0.05, 0.1) is 18.6 Å². The molecular weight excluding hydrogens is 392 g/mol. The molecule has 3 aromatic rings. The van der Waals surface area contributed by atoms with Gasteiger partial charge in [0.25, 0.3) is 11.8 Å². The standard InChI is InChI=1S/C23H24N6O2/c30-22(16-2-5-17(6-3-16)28-10-8-24-14-28)27-9-7-19-20(13-27)25-26-21(19)23(31)29-12-15-1-4-18(29)11-15/h2-3,5-6,8,10,14-15,18H,1,4,7,9,11-13H2,(H,25,26)/t15-,18-/m0/s1. The number of imidazole rings is 1. The van der Waals surface area contributed by atoms with E-state index in [4.69, 9.17) is 0 Å².